The van der Waals surface area contributed by atoms with Gasteiger partial charge in [-0.25, -0.2) is 0 Å². The molecule has 0 bridgehead atoms. The van der Waals surface area contributed by atoms with Crippen LogP contribution in [-0.4, -0.2) is 0 Å². The summed E-state index contributed by atoms with van der Waals surface area (Å²) in [5.74, 6) is 0. The van der Waals surface area contributed by atoms with Gasteiger partial charge in [-0.05, 0) is 33.6 Å². The van der Waals surface area contributed by atoms with Gasteiger partial charge >= 0.3 is 0 Å². The van der Waals surface area contributed by atoms with Crippen LogP contribution in [0.4, 0.5) is 5.69 Å². The number of hydrogen-bond acceptors (Lipinski definition) is 1. The summed E-state index contributed by atoms with van der Waals surface area (Å²) in [6.07, 6.45) is 0. The molecule has 0 spiro atoms. The van der Waals surface area contributed by atoms with E-state index in [1.807, 2.05) is 6.07 Å². The molecule has 0 aliphatic carbocycles. The van der Waals surface area contributed by atoms with Crippen molar-refractivity contribution in [3.05, 3.63) is 39.8 Å². The standard InChI is InChI=1S/C14H21N3/c1-13(2,3)10-7-8-11(14(4,5)6)12(9-10)16-17-15/h7-9H,1-6H3. The van der Waals surface area contributed by atoms with Crippen molar-refractivity contribution >= 4 is 5.69 Å². The Morgan fingerprint density at radius 3 is 2.00 bits per heavy atom. The third-order valence-electron chi connectivity index (χ3n) is 2.82. The molecule has 17 heavy (non-hydrogen) atoms. The van der Waals surface area contributed by atoms with Gasteiger partial charge in [-0.15, -0.1) is 0 Å². The van der Waals surface area contributed by atoms with Crippen molar-refractivity contribution in [3.8, 4) is 0 Å². The Morgan fingerprint density at radius 1 is 1.00 bits per heavy atom. The summed E-state index contributed by atoms with van der Waals surface area (Å²) in [6.45, 7) is 12.8. The van der Waals surface area contributed by atoms with Gasteiger partial charge in [-0.2, -0.15) is 0 Å². The van der Waals surface area contributed by atoms with E-state index < -0.39 is 0 Å². The van der Waals surface area contributed by atoms with E-state index in [9.17, 15) is 0 Å². The van der Waals surface area contributed by atoms with E-state index in [1.165, 1.54) is 5.56 Å². The summed E-state index contributed by atoms with van der Waals surface area (Å²) < 4.78 is 0. The molecule has 0 amide bonds. The number of hydrogen-bond donors (Lipinski definition) is 0. The normalized spacial score (nSPS) is 12.1. The minimum Gasteiger partial charge on any atom is -0.0605 e. The van der Waals surface area contributed by atoms with Crippen LogP contribution >= 0.6 is 0 Å². The van der Waals surface area contributed by atoms with Crippen LogP contribution in [0.3, 0.4) is 0 Å². The van der Waals surface area contributed by atoms with Crippen LogP contribution in [0.15, 0.2) is 23.3 Å². The molecular formula is C14H21N3. The largest absolute Gasteiger partial charge is 0.0605 e. The summed E-state index contributed by atoms with van der Waals surface area (Å²) in [5, 5.41) is 3.83. The summed E-state index contributed by atoms with van der Waals surface area (Å²) >= 11 is 0. The van der Waals surface area contributed by atoms with E-state index in [2.05, 4.69) is 63.7 Å². The third kappa shape index (κ3) is 3.24. The molecule has 0 aromatic heterocycles. The maximum Gasteiger partial charge on any atom is 0.0415 e. The second-order valence-corrected chi connectivity index (χ2v) is 6.42. The number of rotatable bonds is 1. The van der Waals surface area contributed by atoms with E-state index >= 15 is 0 Å². The Kier molecular flexibility index (Phi) is 3.53. The molecule has 0 saturated heterocycles. The van der Waals surface area contributed by atoms with Gasteiger partial charge in [0, 0.05) is 10.6 Å². The summed E-state index contributed by atoms with van der Waals surface area (Å²) in [4.78, 5) is 2.93. The van der Waals surface area contributed by atoms with E-state index in [1.54, 1.807) is 0 Å². The molecular weight excluding hydrogens is 210 g/mol. The van der Waals surface area contributed by atoms with Gasteiger partial charge in [-0.1, -0.05) is 58.8 Å². The lowest BCUT2D eigenvalue weighted by Gasteiger charge is -2.25. The SMILES string of the molecule is CC(C)(C)c1ccc(C(C)(C)C)c(N=[N+]=[N-])c1. The van der Waals surface area contributed by atoms with Crippen LogP contribution in [-0.2, 0) is 10.8 Å². The zero-order chi connectivity index (χ0) is 13.3. The van der Waals surface area contributed by atoms with E-state index in [0.717, 1.165) is 11.3 Å². The first-order valence-electron chi connectivity index (χ1n) is 5.86. The average Bonchev–Trinajstić information content (AvgIpc) is 2.15. The molecule has 0 unspecified atom stereocenters. The Morgan fingerprint density at radius 2 is 1.59 bits per heavy atom. The Bertz CT molecular complexity index is 455. The molecule has 1 aromatic rings. The first-order valence-corrected chi connectivity index (χ1v) is 5.86. The van der Waals surface area contributed by atoms with Crippen molar-refractivity contribution in [1.82, 2.24) is 0 Å². The van der Waals surface area contributed by atoms with Crippen molar-refractivity contribution in [2.75, 3.05) is 0 Å². The second kappa shape index (κ2) is 4.42. The summed E-state index contributed by atoms with van der Waals surface area (Å²) in [7, 11) is 0. The molecule has 0 N–H and O–H groups in total. The number of azide groups is 1. The van der Waals surface area contributed by atoms with Crippen molar-refractivity contribution in [2.24, 2.45) is 5.11 Å². The molecule has 1 rings (SSSR count). The van der Waals surface area contributed by atoms with Crippen LogP contribution in [0.25, 0.3) is 10.4 Å². The highest BCUT2D eigenvalue weighted by atomic mass is 15.1. The minimum atomic E-state index is -0.0140. The molecule has 0 fully saturated rings. The smallest absolute Gasteiger partial charge is 0.0415 e. The van der Waals surface area contributed by atoms with Gasteiger partial charge in [0.05, 0.1) is 0 Å². The van der Waals surface area contributed by atoms with Crippen LogP contribution in [0.1, 0.15) is 52.7 Å². The fourth-order valence-corrected chi connectivity index (χ4v) is 1.76. The highest BCUT2D eigenvalue weighted by molar-refractivity contribution is 5.52. The highest BCUT2D eigenvalue weighted by Gasteiger charge is 2.20. The highest BCUT2D eigenvalue weighted by Crippen LogP contribution is 2.35. The first kappa shape index (κ1) is 13.6. The maximum atomic E-state index is 8.66. The molecule has 3 heteroatoms. The Labute approximate surface area is 103 Å². The summed E-state index contributed by atoms with van der Waals surface area (Å²) in [5.41, 5.74) is 11.7. The molecule has 0 atom stereocenters. The molecule has 0 heterocycles. The zero-order valence-corrected chi connectivity index (χ0v) is 11.6. The minimum absolute atomic E-state index is 0.0140. The molecule has 1 aromatic carbocycles. The van der Waals surface area contributed by atoms with Gasteiger partial charge in [0.1, 0.15) is 0 Å². The fourth-order valence-electron chi connectivity index (χ4n) is 1.76. The number of benzene rings is 1. The Balaban J connectivity index is 3.43. The van der Waals surface area contributed by atoms with Crippen molar-refractivity contribution in [3.63, 3.8) is 0 Å². The molecule has 0 saturated carbocycles. The topological polar surface area (TPSA) is 48.8 Å². The summed E-state index contributed by atoms with van der Waals surface area (Å²) in [6, 6.07) is 6.20. The van der Waals surface area contributed by atoms with Crippen LogP contribution < -0.4 is 0 Å². The van der Waals surface area contributed by atoms with E-state index in [4.69, 9.17) is 5.53 Å². The average molecular weight is 231 g/mol. The Hall–Kier alpha value is -1.47. The van der Waals surface area contributed by atoms with Crippen molar-refractivity contribution < 1.29 is 0 Å². The van der Waals surface area contributed by atoms with Crippen molar-refractivity contribution in [1.29, 1.82) is 0 Å². The van der Waals surface area contributed by atoms with Gasteiger partial charge in [0.15, 0.2) is 0 Å². The lowest BCUT2D eigenvalue weighted by Crippen LogP contribution is -2.14. The fraction of sp³-hybridized carbons (Fsp3) is 0.571. The molecule has 0 radical (unpaired) electrons. The molecule has 0 aliphatic heterocycles. The van der Waals surface area contributed by atoms with Crippen molar-refractivity contribution in [2.45, 2.75) is 52.4 Å². The van der Waals surface area contributed by atoms with E-state index in [-0.39, 0.29) is 10.8 Å². The van der Waals surface area contributed by atoms with Crippen LogP contribution in [0, 0.1) is 0 Å². The zero-order valence-electron chi connectivity index (χ0n) is 11.6. The third-order valence-corrected chi connectivity index (χ3v) is 2.82. The lowest BCUT2D eigenvalue weighted by molar-refractivity contribution is 0.578. The predicted octanol–water partition coefficient (Wildman–Crippen LogP) is 5.22. The number of nitrogens with zero attached hydrogens (tertiary/aromatic N) is 3. The lowest BCUT2D eigenvalue weighted by atomic mass is 9.81. The molecule has 3 nitrogen and oxygen atoms in total. The monoisotopic (exact) mass is 231 g/mol. The first-order chi connectivity index (χ1) is 7.66. The quantitative estimate of drug-likeness (QED) is 0.361. The second-order valence-electron chi connectivity index (χ2n) is 6.42. The molecule has 0 aliphatic rings. The molecule has 92 valence electrons. The van der Waals surface area contributed by atoms with Gasteiger partial charge < -0.3 is 0 Å². The maximum absolute atomic E-state index is 8.66. The predicted molar refractivity (Wildman–Crippen MR) is 72.6 cm³/mol. The van der Waals surface area contributed by atoms with Gasteiger partial charge in [0.25, 0.3) is 0 Å². The van der Waals surface area contributed by atoms with E-state index in [0.29, 0.717) is 0 Å². The van der Waals surface area contributed by atoms with Crippen LogP contribution in [0.2, 0.25) is 0 Å². The van der Waals surface area contributed by atoms with Gasteiger partial charge in [0.2, 0.25) is 0 Å². The van der Waals surface area contributed by atoms with Crippen LogP contribution in [0.5, 0.6) is 0 Å². The van der Waals surface area contributed by atoms with Gasteiger partial charge in [-0.3, -0.25) is 0 Å².